The molecule has 1 aromatic heterocycles. The van der Waals surface area contributed by atoms with Gasteiger partial charge in [0.1, 0.15) is 6.04 Å². The Hall–Kier alpha value is -3.21. The second-order valence-electron chi connectivity index (χ2n) is 6.28. The van der Waals surface area contributed by atoms with Gasteiger partial charge in [0.15, 0.2) is 0 Å². The van der Waals surface area contributed by atoms with Crippen molar-refractivity contribution in [2.45, 2.75) is 26.3 Å². The van der Waals surface area contributed by atoms with Crippen molar-refractivity contribution in [3.05, 3.63) is 77.6 Å². The number of rotatable bonds is 6. The van der Waals surface area contributed by atoms with Crippen molar-refractivity contribution in [2.75, 3.05) is 5.32 Å². The van der Waals surface area contributed by atoms with E-state index < -0.39 is 12.0 Å². The van der Waals surface area contributed by atoms with E-state index in [1.54, 1.807) is 0 Å². The first-order valence-electron chi connectivity index (χ1n) is 8.47. The second kappa shape index (κ2) is 7.78. The number of nitrogens with one attached hydrogen (secondary N) is 1. The first-order chi connectivity index (χ1) is 12.5. The quantitative estimate of drug-likeness (QED) is 0.708. The van der Waals surface area contributed by atoms with E-state index in [1.165, 1.54) is 0 Å². The number of aromatic nitrogens is 2. The summed E-state index contributed by atoms with van der Waals surface area (Å²) in [5.74, 6) is -0.591. The van der Waals surface area contributed by atoms with Gasteiger partial charge in [0.2, 0.25) is 5.95 Å². The molecule has 0 radical (unpaired) electrons. The van der Waals surface area contributed by atoms with Crippen LogP contribution >= 0.6 is 0 Å². The third kappa shape index (κ3) is 4.45. The van der Waals surface area contributed by atoms with Gasteiger partial charge in [-0.1, -0.05) is 54.6 Å². The maximum atomic E-state index is 11.7. The maximum Gasteiger partial charge on any atom is 0.326 e. The average molecular weight is 347 g/mol. The lowest BCUT2D eigenvalue weighted by Crippen LogP contribution is -2.32. The Labute approximate surface area is 152 Å². The molecule has 0 bridgehead atoms. The lowest BCUT2D eigenvalue weighted by atomic mass is 9.99. The number of hydrogen-bond acceptors (Lipinski definition) is 4. The van der Waals surface area contributed by atoms with Crippen molar-refractivity contribution >= 4 is 11.9 Å². The first kappa shape index (κ1) is 17.6. The smallest absolute Gasteiger partial charge is 0.326 e. The van der Waals surface area contributed by atoms with Crippen LogP contribution in [0.25, 0.3) is 11.1 Å². The Morgan fingerprint density at radius 1 is 0.962 bits per heavy atom. The zero-order valence-corrected chi connectivity index (χ0v) is 14.8. The maximum absolute atomic E-state index is 11.7. The van der Waals surface area contributed by atoms with Crippen LogP contribution in [0.15, 0.2) is 60.7 Å². The van der Waals surface area contributed by atoms with Crippen molar-refractivity contribution in [3.8, 4) is 11.1 Å². The summed E-state index contributed by atoms with van der Waals surface area (Å²) in [5, 5.41) is 12.5. The minimum absolute atomic E-state index is 0.340. The summed E-state index contributed by atoms with van der Waals surface area (Å²) in [6.07, 6.45) is 0.340. The van der Waals surface area contributed by atoms with Crippen LogP contribution < -0.4 is 5.32 Å². The minimum Gasteiger partial charge on any atom is -0.480 e. The number of carbonyl (C=O) groups is 1. The van der Waals surface area contributed by atoms with Gasteiger partial charge in [0.25, 0.3) is 0 Å². The van der Waals surface area contributed by atoms with Gasteiger partial charge in [-0.15, -0.1) is 0 Å². The summed E-state index contributed by atoms with van der Waals surface area (Å²) in [4.78, 5) is 20.3. The van der Waals surface area contributed by atoms with Gasteiger partial charge >= 0.3 is 5.97 Å². The van der Waals surface area contributed by atoms with E-state index in [1.807, 2.05) is 74.5 Å². The molecule has 0 aliphatic rings. The van der Waals surface area contributed by atoms with E-state index in [-0.39, 0.29) is 0 Å². The topological polar surface area (TPSA) is 75.1 Å². The van der Waals surface area contributed by atoms with E-state index >= 15 is 0 Å². The van der Waals surface area contributed by atoms with E-state index in [0.29, 0.717) is 12.4 Å². The molecular weight excluding hydrogens is 326 g/mol. The van der Waals surface area contributed by atoms with Crippen LogP contribution in [-0.4, -0.2) is 27.1 Å². The normalized spacial score (nSPS) is 11.8. The highest BCUT2D eigenvalue weighted by atomic mass is 16.4. The highest BCUT2D eigenvalue weighted by Gasteiger charge is 2.19. The fourth-order valence-corrected chi connectivity index (χ4v) is 2.89. The molecule has 3 rings (SSSR count). The number of aryl methyl sites for hydroxylation is 2. The molecule has 0 saturated heterocycles. The van der Waals surface area contributed by atoms with Crippen LogP contribution in [0, 0.1) is 13.8 Å². The molecule has 132 valence electrons. The molecule has 2 N–H and O–H groups in total. The third-order valence-corrected chi connectivity index (χ3v) is 4.06. The van der Waals surface area contributed by atoms with Crippen molar-refractivity contribution < 1.29 is 9.90 Å². The molecule has 0 spiro atoms. The molecule has 3 aromatic rings. The summed E-state index contributed by atoms with van der Waals surface area (Å²) < 4.78 is 0. The lowest BCUT2D eigenvalue weighted by Gasteiger charge is -2.16. The Bertz CT molecular complexity index is 890. The van der Waals surface area contributed by atoms with Crippen LogP contribution in [0.2, 0.25) is 0 Å². The molecule has 1 unspecified atom stereocenters. The summed E-state index contributed by atoms with van der Waals surface area (Å²) in [5.41, 5.74) is 4.71. The molecule has 5 nitrogen and oxygen atoms in total. The molecule has 0 saturated carbocycles. The number of carboxylic acid groups (broad SMARTS) is 1. The van der Waals surface area contributed by atoms with Crippen molar-refractivity contribution in [3.63, 3.8) is 0 Å². The molecular formula is C21H21N3O2. The number of hydrogen-bond donors (Lipinski definition) is 2. The molecule has 1 atom stereocenters. The highest BCUT2D eigenvalue weighted by Crippen LogP contribution is 2.21. The Morgan fingerprint density at radius 3 is 2.27 bits per heavy atom. The summed E-state index contributed by atoms with van der Waals surface area (Å²) in [7, 11) is 0. The second-order valence-corrected chi connectivity index (χ2v) is 6.28. The van der Waals surface area contributed by atoms with E-state index in [0.717, 1.165) is 28.1 Å². The molecule has 26 heavy (non-hydrogen) atoms. The first-order valence-corrected chi connectivity index (χ1v) is 8.47. The molecule has 2 aromatic carbocycles. The Morgan fingerprint density at radius 2 is 1.62 bits per heavy atom. The summed E-state index contributed by atoms with van der Waals surface area (Å²) >= 11 is 0. The molecule has 0 aliphatic carbocycles. The van der Waals surface area contributed by atoms with Crippen LogP contribution in [0.5, 0.6) is 0 Å². The van der Waals surface area contributed by atoms with Gasteiger partial charge in [-0.2, -0.15) is 0 Å². The lowest BCUT2D eigenvalue weighted by molar-refractivity contribution is -0.137. The monoisotopic (exact) mass is 347 g/mol. The molecule has 5 heteroatoms. The van der Waals surface area contributed by atoms with Gasteiger partial charge in [0.05, 0.1) is 0 Å². The fraction of sp³-hybridized carbons (Fsp3) is 0.190. The summed E-state index contributed by atoms with van der Waals surface area (Å²) in [6.45, 7) is 3.72. The molecule has 0 amide bonds. The molecule has 0 fully saturated rings. The van der Waals surface area contributed by atoms with Crippen molar-refractivity contribution in [1.29, 1.82) is 0 Å². The molecule has 1 heterocycles. The number of nitrogens with zero attached hydrogens (tertiary/aromatic N) is 2. The average Bonchev–Trinajstić information content (AvgIpc) is 2.61. The SMILES string of the molecule is Cc1cc(C)nc(NC(Cc2cccc(-c3ccccc3)c2)C(=O)O)n1. The van der Waals surface area contributed by atoms with Gasteiger partial charge in [-0.25, -0.2) is 14.8 Å². The van der Waals surface area contributed by atoms with Crippen LogP contribution in [0.1, 0.15) is 17.0 Å². The van der Waals surface area contributed by atoms with Crippen molar-refractivity contribution in [1.82, 2.24) is 9.97 Å². The minimum atomic E-state index is -0.933. The van der Waals surface area contributed by atoms with Gasteiger partial charge in [-0.3, -0.25) is 0 Å². The predicted molar refractivity (Wildman–Crippen MR) is 102 cm³/mol. The number of carboxylic acids is 1. The largest absolute Gasteiger partial charge is 0.480 e. The standard InChI is InChI=1S/C21H21N3O2/c1-14-11-15(2)23-21(22-14)24-19(20(25)26)13-16-7-6-10-18(12-16)17-8-4-3-5-9-17/h3-12,19H,13H2,1-2H3,(H,25,26)(H,22,23,24). The zero-order chi connectivity index (χ0) is 18.5. The fourth-order valence-electron chi connectivity index (χ4n) is 2.89. The van der Waals surface area contributed by atoms with Crippen molar-refractivity contribution in [2.24, 2.45) is 0 Å². The van der Waals surface area contributed by atoms with E-state index in [4.69, 9.17) is 0 Å². The Balaban J connectivity index is 1.81. The van der Waals surface area contributed by atoms with Gasteiger partial charge < -0.3 is 10.4 Å². The Kier molecular flexibility index (Phi) is 5.27. The van der Waals surface area contributed by atoms with Gasteiger partial charge in [0, 0.05) is 17.8 Å². The number of anilines is 1. The predicted octanol–water partition coefficient (Wildman–Crippen LogP) is 3.87. The zero-order valence-electron chi connectivity index (χ0n) is 14.8. The number of benzene rings is 2. The third-order valence-electron chi connectivity index (χ3n) is 4.06. The van der Waals surface area contributed by atoms with Crippen LogP contribution in [0.4, 0.5) is 5.95 Å². The van der Waals surface area contributed by atoms with E-state index in [2.05, 4.69) is 15.3 Å². The highest BCUT2D eigenvalue weighted by molar-refractivity contribution is 5.77. The van der Waals surface area contributed by atoms with Crippen LogP contribution in [0.3, 0.4) is 0 Å². The van der Waals surface area contributed by atoms with Crippen LogP contribution in [-0.2, 0) is 11.2 Å². The van der Waals surface area contributed by atoms with E-state index in [9.17, 15) is 9.90 Å². The summed E-state index contributed by atoms with van der Waals surface area (Å²) in [6, 6.07) is 19.0. The number of aliphatic carboxylic acids is 1. The molecule has 0 aliphatic heterocycles. The van der Waals surface area contributed by atoms with Gasteiger partial charge in [-0.05, 0) is 36.6 Å².